The molecule has 2 aromatic carbocycles. The molecule has 3 nitrogen and oxygen atoms in total. The highest BCUT2D eigenvalue weighted by Crippen LogP contribution is 2.53. The molecular weight excluding hydrogens is 344 g/mol. The highest BCUT2D eigenvalue weighted by Gasteiger charge is 2.41. The molecule has 1 heterocycles. The summed E-state index contributed by atoms with van der Waals surface area (Å²) in [7, 11) is 1.70. The summed E-state index contributed by atoms with van der Waals surface area (Å²) in [5, 5.41) is 0. The fraction of sp³-hybridized carbons (Fsp3) is 0.273. The van der Waals surface area contributed by atoms with Gasteiger partial charge in [0.25, 0.3) is 0 Å². The third-order valence-corrected chi connectivity index (χ3v) is 6.01. The first-order valence-corrected chi connectivity index (χ1v) is 9.47. The van der Waals surface area contributed by atoms with Crippen molar-refractivity contribution in [1.82, 2.24) is 0 Å². The van der Waals surface area contributed by atoms with Crippen molar-refractivity contribution in [2.75, 3.05) is 20.3 Å². The normalized spacial score (nSPS) is 13.9. The van der Waals surface area contributed by atoms with Crippen molar-refractivity contribution in [2.45, 2.75) is 28.0 Å². The fourth-order valence-corrected chi connectivity index (χ4v) is 4.87. The van der Waals surface area contributed by atoms with E-state index in [1.165, 1.54) is 33.4 Å². The number of ether oxygens (including phenoxy) is 3. The zero-order chi connectivity index (χ0) is 18.4. The van der Waals surface area contributed by atoms with Crippen LogP contribution in [0.5, 0.6) is 5.75 Å². The average molecular weight is 368 g/mol. The smallest absolute Gasteiger partial charge is 0.119 e. The standard InChI is InChI=1S/C22H24O3S/c1-4-24-14-12-22(13-15-25-5-2)18-8-6-7-9-20(18)26-21-11-10-17(23-3)16-19(21)22/h4-11,16H,1-2,12-15H2,3H3. The third-order valence-electron chi connectivity index (χ3n) is 4.85. The van der Waals surface area contributed by atoms with Crippen LogP contribution in [0.2, 0.25) is 0 Å². The molecule has 2 aromatic rings. The molecule has 0 N–H and O–H groups in total. The highest BCUT2D eigenvalue weighted by molar-refractivity contribution is 7.99. The monoisotopic (exact) mass is 368 g/mol. The lowest BCUT2D eigenvalue weighted by Gasteiger charge is -2.40. The number of fused-ring (bicyclic) bond motifs is 2. The van der Waals surface area contributed by atoms with Crippen LogP contribution in [-0.4, -0.2) is 20.3 Å². The van der Waals surface area contributed by atoms with Gasteiger partial charge in [0, 0.05) is 15.2 Å². The van der Waals surface area contributed by atoms with Crippen LogP contribution in [0.3, 0.4) is 0 Å². The SMILES string of the molecule is C=COCCC1(CCOC=C)c2ccccc2Sc2ccc(OC)cc21. The molecule has 0 fully saturated rings. The Morgan fingerprint density at radius 1 is 0.923 bits per heavy atom. The van der Waals surface area contributed by atoms with Crippen molar-refractivity contribution in [2.24, 2.45) is 0 Å². The van der Waals surface area contributed by atoms with E-state index in [0.717, 1.165) is 18.6 Å². The second-order valence-corrected chi connectivity index (χ2v) is 7.20. The summed E-state index contributed by atoms with van der Waals surface area (Å²) in [5.74, 6) is 0.863. The molecule has 0 amide bonds. The van der Waals surface area contributed by atoms with Crippen LogP contribution in [-0.2, 0) is 14.9 Å². The fourth-order valence-electron chi connectivity index (χ4n) is 3.61. The molecule has 0 saturated carbocycles. The summed E-state index contributed by atoms with van der Waals surface area (Å²) in [4.78, 5) is 2.53. The van der Waals surface area contributed by atoms with Gasteiger partial charge in [0.1, 0.15) is 5.75 Å². The lowest BCUT2D eigenvalue weighted by molar-refractivity contribution is 0.180. The quantitative estimate of drug-likeness (QED) is 0.429. The number of methoxy groups -OCH3 is 1. The van der Waals surface area contributed by atoms with Crippen molar-refractivity contribution in [1.29, 1.82) is 0 Å². The van der Waals surface area contributed by atoms with E-state index in [4.69, 9.17) is 14.2 Å². The number of hydrogen-bond acceptors (Lipinski definition) is 4. The Bertz CT molecular complexity index is 771. The van der Waals surface area contributed by atoms with Gasteiger partial charge >= 0.3 is 0 Å². The number of rotatable bonds is 9. The van der Waals surface area contributed by atoms with Crippen LogP contribution in [0.15, 0.2) is 77.9 Å². The van der Waals surface area contributed by atoms with Crippen molar-refractivity contribution >= 4 is 11.8 Å². The van der Waals surface area contributed by atoms with Crippen LogP contribution >= 0.6 is 11.8 Å². The predicted molar refractivity (Wildman–Crippen MR) is 106 cm³/mol. The summed E-state index contributed by atoms with van der Waals surface area (Å²) in [6.45, 7) is 8.53. The van der Waals surface area contributed by atoms with E-state index < -0.39 is 0 Å². The number of hydrogen-bond donors (Lipinski definition) is 0. The summed E-state index contributed by atoms with van der Waals surface area (Å²) < 4.78 is 16.5. The van der Waals surface area contributed by atoms with E-state index in [1.807, 2.05) is 6.07 Å². The maximum atomic E-state index is 5.52. The molecule has 0 bridgehead atoms. The zero-order valence-corrected chi connectivity index (χ0v) is 15.9. The maximum absolute atomic E-state index is 5.52. The van der Waals surface area contributed by atoms with E-state index in [9.17, 15) is 0 Å². The van der Waals surface area contributed by atoms with Gasteiger partial charge in [-0.2, -0.15) is 0 Å². The third kappa shape index (κ3) is 3.47. The van der Waals surface area contributed by atoms with E-state index in [1.54, 1.807) is 18.9 Å². The predicted octanol–water partition coefficient (Wildman–Crippen LogP) is 5.55. The van der Waals surface area contributed by atoms with E-state index >= 15 is 0 Å². The van der Waals surface area contributed by atoms with Gasteiger partial charge in [-0.3, -0.25) is 0 Å². The molecule has 0 aromatic heterocycles. The van der Waals surface area contributed by atoms with E-state index in [-0.39, 0.29) is 5.41 Å². The molecule has 4 heteroatoms. The second-order valence-electron chi connectivity index (χ2n) is 6.12. The van der Waals surface area contributed by atoms with E-state index in [0.29, 0.717) is 13.2 Å². The van der Waals surface area contributed by atoms with Gasteiger partial charge in [0.05, 0.1) is 32.8 Å². The van der Waals surface area contributed by atoms with Crippen LogP contribution in [0.25, 0.3) is 0 Å². The molecule has 1 aliphatic heterocycles. The van der Waals surface area contributed by atoms with Crippen LogP contribution < -0.4 is 4.74 Å². The molecule has 0 spiro atoms. The van der Waals surface area contributed by atoms with E-state index in [2.05, 4.69) is 49.6 Å². The summed E-state index contributed by atoms with van der Waals surface area (Å²) >= 11 is 1.80. The van der Waals surface area contributed by atoms with Crippen molar-refractivity contribution < 1.29 is 14.2 Å². The highest BCUT2D eigenvalue weighted by atomic mass is 32.2. The molecule has 0 radical (unpaired) electrons. The van der Waals surface area contributed by atoms with Crippen molar-refractivity contribution in [3.05, 3.63) is 79.3 Å². The van der Waals surface area contributed by atoms with Gasteiger partial charge in [0.15, 0.2) is 0 Å². The molecule has 3 rings (SSSR count). The Labute approximate surface area is 159 Å². The Hall–Kier alpha value is -2.33. The first-order valence-electron chi connectivity index (χ1n) is 8.66. The van der Waals surface area contributed by atoms with Crippen LogP contribution in [0.1, 0.15) is 24.0 Å². The largest absolute Gasteiger partial charge is 0.502 e. The summed E-state index contributed by atoms with van der Waals surface area (Å²) in [6, 6.07) is 14.9. The Balaban J connectivity index is 2.14. The van der Waals surface area contributed by atoms with Crippen molar-refractivity contribution in [3.63, 3.8) is 0 Å². The molecule has 1 aliphatic rings. The second kappa shape index (κ2) is 8.37. The molecule has 136 valence electrons. The summed E-state index contributed by atoms with van der Waals surface area (Å²) in [6.07, 6.45) is 4.67. The number of benzene rings is 2. The van der Waals surface area contributed by atoms with Gasteiger partial charge < -0.3 is 14.2 Å². The average Bonchev–Trinajstić information content (AvgIpc) is 2.68. The van der Waals surface area contributed by atoms with Gasteiger partial charge in [-0.1, -0.05) is 43.1 Å². The first kappa shape index (κ1) is 18.5. The Morgan fingerprint density at radius 2 is 1.58 bits per heavy atom. The van der Waals surface area contributed by atoms with Gasteiger partial charge in [-0.15, -0.1) is 0 Å². The first-order chi connectivity index (χ1) is 12.7. The Kier molecular flexibility index (Phi) is 5.94. The molecule has 26 heavy (non-hydrogen) atoms. The minimum Gasteiger partial charge on any atom is -0.502 e. The van der Waals surface area contributed by atoms with Crippen LogP contribution in [0.4, 0.5) is 0 Å². The maximum Gasteiger partial charge on any atom is 0.119 e. The lowest BCUT2D eigenvalue weighted by atomic mass is 9.69. The molecule has 0 atom stereocenters. The lowest BCUT2D eigenvalue weighted by Crippen LogP contribution is -2.34. The zero-order valence-electron chi connectivity index (χ0n) is 15.1. The minimum absolute atomic E-state index is 0.211. The molecule has 0 saturated heterocycles. The van der Waals surface area contributed by atoms with Gasteiger partial charge in [-0.05, 0) is 48.2 Å². The van der Waals surface area contributed by atoms with Crippen LogP contribution in [0, 0.1) is 0 Å². The molecule has 0 unspecified atom stereocenters. The van der Waals surface area contributed by atoms with Crippen molar-refractivity contribution in [3.8, 4) is 5.75 Å². The summed E-state index contributed by atoms with van der Waals surface area (Å²) in [5.41, 5.74) is 2.37. The Morgan fingerprint density at radius 3 is 2.23 bits per heavy atom. The van der Waals surface area contributed by atoms with Gasteiger partial charge in [-0.25, -0.2) is 0 Å². The van der Waals surface area contributed by atoms with Gasteiger partial charge in [0.2, 0.25) is 0 Å². The minimum atomic E-state index is -0.211. The topological polar surface area (TPSA) is 27.7 Å². The molecule has 0 aliphatic carbocycles. The molecular formula is C22H24O3S.